The van der Waals surface area contributed by atoms with Crippen LogP contribution in [0.4, 0.5) is 5.69 Å². The fourth-order valence-corrected chi connectivity index (χ4v) is 2.06. The molecule has 0 aliphatic rings. The number of hydrogen-bond donors (Lipinski definition) is 1. The second-order valence-electron chi connectivity index (χ2n) is 4.64. The third kappa shape index (κ3) is 3.72. The summed E-state index contributed by atoms with van der Waals surface area (Å²) in [5.74, 6) is -0.0138. The largest absolute Gasteiger partial charge is 0.354 e. The topological polar surface area (TPSA) is 29.1 Å². The zero-order valence-electron chi connectivity index (χ0n) is 11.5. The van der Waals surface area contributed by atoms with Crippen LogP contribution < -0.4 is 5.32 Å². The summed E-state index contributed by atoms with van der Waals surface area (Å²) in [4.78, 5) is 11.4. The van der Waals surface area contributed by atoms with Crippen LogP contribution in [0.5, 0.6) is 0 Å². The maximum Gasteiger partial charge on any atom is 0.154 e. The lowest BCUT2D eigenvalue weighted by atomic mass is 10.1. The SMILES string of the molecule is CC(=O)/C=C(\Nc1cc(C)ccc1Cl)c1ccccc1. The van der Waals surface area contributed by atoms with Gasteiger partial charge in [-0.1, -0.05) is 48.0 Å². The molecule has 0 amide bonds. The molecule has 0 aromatic heterocycles. The molecule has 0 bridgehead atoms. The highest BCUT2D eigenvalue weighted by atomic mass is 35.5. The number of nitrogens with one attached hydrogen (secondary N) is 1. The van der Waals surface area contributed by atoms with E-state index < -0.39 is 0 Å². The first-order chi connectivity index (χ1) is 9.56. The van der Waals surface area contributed by atoms with E-state index in [1.165, 1.54) is 6.92 Å². The molecule has 2 aromatic carbocycles. The standard InChI is InChI=1S/C17H16ClNO/c1-12-8-9-15(18)17(10-12)19-16(11-13(2)20)14-6-4-3-5-7-14/h3-11,19H,1-2H3/b16-11-. The summed E-state index contributed by atoms with van der Waals surface area (Å²) in [6.45, 7) is 3.53. The molecular weight excluding hydrogens is 270 g/mol. The van der Waals surface area contributed by atoms with Gasteiger partial charge in [-0.25, -0.2) is 0 Å². The van der Waals surface area contributed by atoms with Gasteiger partial charge < -0.3 is 5.32 Å². The van der Waals surface area contributed by atoms with Gasteiger partial charge in [0.05, 0.1) is 10.7 Å². The summed E-state index contributed by atoms with van der Waals surface area (Å²) >= 11 is 6.19. The summed E-state index contributed by atoms with van der Waals surface area (Å²) in [5, 5.41) is 3.87. The van der Waals surface area contributed by atoms with E-state index >= 15 is 0 Å². The number of hydrogen-bond acceptors (Lipinski definition) is 2. The molecule has 0 unspecified atom stereocenters. The van der Waals surface area contributed by atoms with Crippen molar-refractivity contribution < 1.29 is 4.79 Å². The van der Waals surface area contributed by atoms with E-state index in [0.717, 1.165) is 22.5 Å². The van der Waals surface area contributed by atoms with Crippen LogP contribution >= 0.6 is 11.6 Å². The van der Waals surface area contributed by atoms with Gasteiger partial charge >= 0.3 is 0 Å². The highest BCUT2D eigenvalue weighted by Crippen LogP contribution is 2.26. The molecule has 0 atom stereocenters. The van der Waals surface area contributed by atoms with Crippen LogP contribution in [0.2, 0.25) is 5.02 Å². The summed E-state index contributed by atoms with van der Waals surface area (Å²) < 4.78 is 0. The molecule has 0 saturated carbocycles. The number of anilines is 1. The summed E-state index contributed by atoms with van der Waals surface area (Å²) in [7, 11) is 0. The van der Waals surface area contributed by atoms with Crippen LogP contribution in [-0.2, 0) is 4.79 Å². The van der Waals surface area contributed by atoms with E-state index in [4.69, 9.17) is 11.6 Å². The van der Waals surface area contributed by atoms with Crippen LogP contribution in [-0.4, -0.2) is 5.78 Å². The zero-order valence-corrected chi connectivity index (χ0v) is 12.2. The van der Waals surface area contributed by atoms with E-state index in [2.05, 4.69) is 5.32 Å². The van der Waals surface area contributed by atoms with Crippen molar-refractivity contribution >= 4 is 28.8 Å². The predicted molar refractivity (Wildman–Crippen MR) is 84.9 cm³/mol. The third-order valence-corrected chi connectivity index (χ3v) is 3.15. The highest BCUT2D eigenvalue weighted by Gasteiger charge is 2.06. The molecule has 0 radical (unpaired) electrons. The van der Waals surface area contributed by atoms with Crippen molar-refractivity contribution in [1.29, 1.82) is 0 Å². The molecule has 0 saturated heterocycles. The quantitative estimate of drug-likeness (QED) is 0.826. The van der Waals surface area contributed by atoms with E-state index in [0.29, 0.717) is 5.02 Å². The number of benzene rings is 2. The minimum atomic E-state index is -0.0138. The van der Waals surface area contributed by atoms with E-state index in [1.54, 1.807) is 6.08 Å². The Balaban J connectivity index is 2.39. The van der Waals surface area contributed by atoms with Crippen molar-refractivity contribution in [2.45, 2.75) is 13.8 Å². The van der Waals surface area contributed by atoms with E-state index in [9.17, 15) is 4.79 Å². The molecular formula is C17H16ClNO. The van der Waals surface area contributed by atoms with Gasteiger partial charge in [0.2, 0.25) is 0 Å². The highest BCUT2D eigenvalue weighted by molar-refractivity contribution is 6.33. The van der Waals surface area contributed by atoms with Gasteiger partial charge in [0.15, 0.2) is 5.78 Å². The normalized spacial score (nSPS) is 11.2. The molecule has 0 spiro atoms. The van der Waals surface area contributed by atoms with Gasteiger partial charge in [-0.15, -0.1) is 0 Å². The zero-order chi connectivity index (χ0) is 14.5. The Hall–Kier alpha value is -2.06. The lowest BCUT2D eigenvalue weighted by Crippen LogP contribution is -2.02. The summed E-state index contributed by atoms with van der Waals surface area (Å²) in [6.07, 6.45) is 1.58. The molecule has 2 aromatic rings. The third-order valence-electron chi connectivity index (χ3n) is 2.82. The van der Waals surface area contributed by atoms with Gasteiger partial charge in [0, 0.05) is 11.8 Å². The molecule has 0 heterocycles. The fraction of sp³-hybridized carbons (Fsp3) is 0.118. The molecule has 20 heavy (non-hydrogen) atoms. The first-order valence-corrected chi connectivity index (χ1v) is 6.75. The number of carbonyl (C=O) groups excluding carboxylic acids is 1. The minimum absolute atomic E-state index is 0.0138. The van der Waals surface area contributed by atoms with Gasteiger partial charge in [0.1, 0.15) is 0 Å². The molecule has 3 heteroatoms. The number of carbonyl (C=O) groups is 1. The fourth-order valence-electron chi connectivity index (χ4n) is 1.89. The molecule has 2 rings (SSSR count). The van der Waals surface area contributed by atoms with Crippen molar-refractivity contribution in [3.8, 4) is 0 Å². The lowest BCUT2D eigenvalue weighted by Gasteiger charge is -2.13. The smallest absolute Gasteiger partial charge is 0.154 e. The van der Waals surface area contributed by atoms with Crippen molar-refractivity contribution in [2.75, 3.05) is 5.32 Å². The van der Waals surface area contributed by atoms with Crippen LogP contribution in [0.3, 0.4) is 0 Å². The second-order valence-corrected chi connectivity index (χ2v) is 5.05. The number of allylic oxidation sites excluding steroid dienone is 1. The van der Waals surface area contributed by atoms with Gasteiger partial charge in [-0.3, -0.25) is 4.79 Å². The number of ketones is 1. The van der Waals surface area contributed by atoms with Crippen molar-refractivity contribution in [2.24, 2.45) is 0 Å². The van der Waals surface area contributed by atoms with Gasteiger partial charge in [-0.05, 0) is 37.1 Å². The van der Waals surface area contributed by atoms with Gasteiger partial charge in [-0.2, -0.15) is 0 Å². The van der Waals surface area contributed by atoms with Crippen molar-refractivity contribution in [3.05, 3.63) is 70.8 Å². The van der Waals surface area contributed by atoms with Crippen LogP contribution in [0.25, 0.3) is 5.70 Å². The Morgan fingerprint density at radius 2 is 1.85 bits per heavy atom. The second kappa shape index (κ2) is 6.40. The minimum Gasteiger partial charge on any atom is -0.354 e. The average molecular weight is 286 g/mol. The van der Waals surface area contributed by atoms with Crippen molar-refractivity contribution in [1.82, 2.24) is 0 Å². The van der Waals surface area contributed by atoms with Gasteiger partial charge in [0.25, 0.3) is 0 Å². The Morgan fingerprint density at radius 3 is 2.50 bits per heavy atom. The molecule has 0 aliphatic carbocycles. The summed E-state index contributed by atoms with van der Waals surface area (Å²) in [6, 6.07) is 15.5. The Labute approximate surface area is 124 Å². The Morgan fingerprint density at radius 1 is 1.15 bits per heavy atom. The number of rotatable bonds is 4. The van der Waals surface area contributed by atoms with E-state index in [1.807, 2.05) is 55.5 Å². The molecule has 0 fully saturated rings. The monoisotopic (exact) mass is 285 g/mol. The average Bonchev–Trinajstić information content (AvgIpc) is 2.42. The first-order valence-electron chi connectivity index (χ1n) is 6.37. The molecule has 0 aliphatic heterocycles. The van der Waals surface area contributed by atoms with Crippen LogP contribution in [0.15, 0.2) is 54.6 Å². The number of halogens is 1. The van der Waals surface area contributed by atoms with Crippen LogP contribution in [0, 0.1) is 6.92 Å². The maximum absolute atomic E-state index is 11.4. The summed E-state index contributed by atoms with van der Waals surface area (Å²) in [5.41, 5.74) is 3.58. The maximum atomic E-state index is 11.4. The Kier molecular flexibility index (Phi) is 4.59. The predicted octanol–water partition coefficient (Wildman–Crippen LogP) is 4.69. The molecule has 1 N–H and O–H groups in total. The van der Waals surface area contributed by atoms with Crippen molar-refractivity contribution in [3.63, 3.8) is 0 Å². The first kappa shape index (κ1) is 14.4. The lowest BCUT2D eigenvalue weighted by molar-refractivity contribution is -0.112. The molecule has 2 nitrogen and oxygen atoms in total. The Bertz CT molecular complexity index is 647. The van der Waals surface area contributed by atoms with Crippen LogP contribution in [0.1, 0.15) is 18.1 Å². The number of aryl methyl sites for hydroxylation is 1. The van der Waals surface area contributed by atoms with E-state index in [-0.39, 0.29) is 5.78 Å². The molecule has 102 valence electrons.